The second-order valence-corrected chi connectivity index (χ2v) is 2.77. The predicted molar refractivity (Wildman–Crippen MR) is 48.3 cm³/mol. The van der Waals surface area contributed by atoms with Crippen LogP contribution in [0.2, 0.25) is 0 Å². The Hall–Kier alpha value is -0.820. The minimum absolute atomic E-state index is 0.645. The molecule has 2 N–H and O–H groups in total. The second kappa shape index (κ2) is 4.14. The highest BCUT2D eigenvalue weighted by molar-refractivity contribution is 5.22. The number of rotatable bonds is 3. The molecule has 60 valence electrons. The van der Waals surface area contributed by atoms with Crippen LogP contribution in [0.1, 0.15) is 24.5 Å². The Kier molecular flexibility index (Phi) is 3.12. The SMILES string of the molecule is CCCc1ccc(CN)cc1. The van der Waals surface area contributed by atoms with Gasteiger partial charge in [0.1, 0.15) is 0 Å². The third-order valence-electron chi connectivity index (χ3n) is 1.80. The summed E-state index contributed by atoms with van der Waals surface area (Å²) in [5.41, 5.74) is 8.09. The molecule has 11 heavy (non-hydrogen) atoms. The van der Waals surface area contributed by atoms with Gasteiger partial charge in [-0.25, -0.2) is 0 Å². The Labute approximate surface area is 68.2 Å². The maximum absolute atomic E-state index is 5.47. The van der Waals surface area contributed by atoms with Gasteiger partial charge >= 0.3 is 0 Å². The molecule has 1 heteroatoms. The quantitative estimate of drug-likeness (QED) is 0.699. The van der Waals surface area contributed by atoms with Crippen molar-refractivity contribution in [1.29, 1.82) is 0 Å². The first-order valence-electron chi connectivity index (χ1n) is 4.14. The van der Waals surface area contributed by atoms with Crippen LogP contribution >= 0.6 is 0 Å². The van der Waals surface area contributed by atoms with E-state index < -0.39 is 0 Å². The number of hydrogen-bond acceptors (Lipinski definition) is 1. The van der Waals surface area contributed by atoms with Gasteiger partial charge in [-0.15, -0.1) is 0 Å². The first kappa shape index (κ1) is 8.28. The van der Waals surface area contributed by atoms with Gasteiger partial charge in [-0.05, 0) is 17.5 Å². The number of nitrogens with two attached hydrogens (primary N) is 1. The lowest BCUT2D eigenvalue weighted by Gasteiger charge is -1.99. The lowest BCUT2D eigenvalue weighted by atomic mass is 10.1. The van der Waals surface area contributed by atoms with Crippen molar-refractivity contribution >= 4 is 0 Å². The van der Waals surface area contributed by atoms with Crippen LogP contribution < -0.4 is 5.73 Å². The van der Waals surface area contributed by atoms with Crippen LogP contribution in [0.3, 0.4) is 0 Å². The van der Waals surface area contributed by atoms with Crippen LogP contribution in [0.15, 0.2) is 24.3 Å². The maximum atomic E-state index is 5.47. The second-order valence-electron chi connectivity index (χ2n) is 2.77. The van der Waals surface area contributed by atoms with E-state index in [1.165, 1.54) is 24.0 Å². The zero-order valence-corrected chi connectivity index (χ0v) is 7.01. The largest absolute Gasteiger partial charge is 0.326 e. The highest BCUT2D eigenvalue weighted by atomic mass is 14.5. The molecule has 0 atom stereocenters. The van der Waals surface area contributed by atoms with E-state index in [1.807, 2.05) is 0 Å². The van der Waals surface area contributed by atoms with Gasteiger partial charge in [0.2, 0.25) is 0 Å². The summed E-state index contributed by atoms with van der Waals surface area (Å²) >= 11 is 0. The van der Waals surface area contributed by atoms with Crippen molar-refractivity contribution in [2.24, 2.45) is 5.73 Å². The molecule has 1 aromatic carbocycles. The first-order chi connectivity index (χ1) is 5.36. The van der Waals surface area contributed by atoms with Crippen molar-refractivity contribution in [3.63, 3.8) is 0 Å². The highest BCUT2D eigenvalue weighted by Crippen LogP contribution is 2.05. The molecular weight excluding hydrogens is 134 g/mol. The average molecular weight is 149 g/mol. The number of aryl methyl sites for hydroxylation is 1. The minimum atomic E-state index is 0.645. The van der Waals surface area contributed by atoms with E-state index in [9.17, 15) is 0 Å². The van der Waals surface area contributed by atoms with E-state index in [0.717, 1.165) is 0 Å². The van der Waals surface area contributed by atoms with E-state index in [0.29, 0.717) is 6.54 Å². The summed E-state index contributed by atoms with van der Waals surface area (Å²) in [4.78, 5) is 0. The Morgan fingerprint density at radius 1 is 1.09 bits per heavy atom. The molecule has 1 rings (SSSR count). The lowest BCUT2D eigenvalue weighted by molar-refractivity contribution is 0.919. The van der Waals surface area contributed by atoms with Crippen LogP contribution in [0, 0.1) is 0 Å². The van der Waals surface area contributed by atoms with Crippen molar-refractivity contribution in [3.05, 3.63) is 35.4 Å². The summed E-state index contributed by atoms with van der Waals surface area (Å²) in [6, 6.07) is 8.52. The number of benzene rings is 1. The van der Waals surface area contributed by atoms with Crippen LogP contribution in [-0.4, -0.2) is 0 Å². The molecule has 0 aromatic heterocycles. The van der Waals surface area contributed by atoms with E-state index in [-0.39, 0.29) is 0 Å². The van der Waals surface area contributed by atoms with E-state index in [1.54, 1.807) is 0 Å². The fourth-order valence-electron chi connectivity index (χ4n) is 1.13. The number of hydrogen-bond donors (Lipinski definition) is 1. The summed E-state index contributed by atoms with van der Waals surface area (Å²) in [6.07, 6.45) is 2.38. The maximum Gasteiger partial charge on any atom is 0.0178 e. The fraction of sp³-hybridized carbons (Fsp3) is 0.400. The molecule has 0 saturated carbocycles. The standard InChI is InChI=1S/C10H15N/c1-2-3-9-4-6-10(8-11)7-5-9/h4-7H,2-3,8,11H2,1H3. The lowest BCUT2D eigenvalue weighted by Crippen LogP contribution is -1.95. The summed E-state index contributed by atoms with van der Waals surface area (Å²) in [5, 5.41) is 0. The van der Waals surface area contributed by atoms with Gasteiger partial charge in [-0.3, -0.25) is 0 Å². The smallest absolute Gasteiger partial charge is 0.0178 e. The van der Waals surface area contributed by atoms with Gasteiger partial charge in [0.05, 0.1) is 0 Å². The Bertz CT molecular complexity index is 201. The van der Waals surface area contributed by atoms with E-state index >= 15 is 0 Å². The molecule has 1 aromatic rings. The monoisotopic (exact) mass is 149 g/mol. The van der Waals surface area contributed by atoms with E-state index in [4.69, 9.17) is 5.73 Å². The molecule has 0 bridgehead atoms. The van der Waals surface area contributed by atoms with Gasteiger partial charge in [0.25, 0.3) is 0 Å². The minimum Gasteiger partial charge on any atom is -0.326 e. The van der Waals surface area contributed by atoms with Gasteiger partial charge in [-0.2, -0.15) is 0 Å². The average Bonchev–Trinajstić information content (AvgIpc) is 2.07. The molecule has 0 fully saturated rings. The van der Waals surface area contributed by atoms with Crippen molar-refractivity contribution in [2.75, 3.05) is 0 Å². The van der Waals surface area contributed by atoms with Crippen molar-refractivity contribution < 1.29 is 0 Å². The molecule has 0 amide bonds. The fourth-order valence-corrected chi connectivity index (χ4v) is 1.13. The summed E-state index contributed by atoms with van der Waals surface area (Å²) in [7, 11) is 0. The molecule has 0 aliphatic rings. The van der Waals surface area contributed by atoms with Crippen LogP contribution in [0.5, 0.6) is 0 Å². The first-order valence-corrected chi connectivity index (χ1v) is 4.14. The van der Waals surface area contributed by atoms with Gasteiger partial charge in [-0.1, -0.05) is 37.6 Å². The van der Waals surface area contributed by atoms with E-state index in [2.05, 4.69) is 31.2 Å². The Morgan fingerprint density at radius 3 is 2.09 bits per heavy atom. The highest BCUT2D eigenvalue weighted by Gasteiger charge is 1.90. The predicted octanol–water partition coefficient (Wildman–Crippen LogP) is 2.10. The van der Waals surface area contributed by atoms with Crippen LogP contribution in [0.25, 0.3) is 0 Å². The van der Waals surface area contributed by atoms with Crippen LogP contribution in [0.4, 0.5) is 0 Å². The molecule has 0 saturated heterocycles. The molecule has 0 heterocycles. The normalized spacial score (nSPS) is 10.0. The van der Waals surface area contributed by atoms with Crippen LogP contribution in [-0.2, 0) is 13.0 Å². The molecular formula is C10H15N. The Balaban J connectivity index is 2.66. The summed E-state index contributed by atoms with van der Waals surface area (Å²) in [5.74, 6) is 0. The zero-order chi connectivity index (χ0) is 8.10. The van der Waals surface area contributed by atoms with Crippen molar-refractivity contribution in [1.82, 2.24) is 0 Å². The summed E-state index contributed by atoms with van der Waals surface area (Å²) in [6.45, 7) is 2.84. The molecule has 0 unspecified atom stereocenters. The molecule has 0 aliphatic heterocycles. The summed E-state index contributed by atoms with van der Waals surface area (Å²) < 4.78 is 0. The van der Waals surface area contributed by atoms with Gasteiger partial charge in [0.15, 0.2) is 0 Å². The van der Waals surface area contributed by atoms with Crippen molar-refractivity contribution in [2.45, 2.75) is 26.3 Å². The molecule has 0 spiro atoms. The van der Waals surface area contributed by atoms with Crippen molar-refractivity contribution in [3.8, 4) is 0 Å². The topological polar surface area (TPSA) is 26.0 Å². The third-order valence-corrected chi connectivity index (χ3v) is 1.80. The Morgan fingerprint density at radius 2 is 1.64 bits per heavy atom. The van der Waals surface area contributed by atoms with Gasteiger partial charge < -0.3 is 5.73 Å². The molecule has 0 radical (unpaired) electrons. The zero-order valence-electron chi connectivity index (χ0n) is 7.01. The molecule has 1 nitrogen and oxygen atoms in total. The van der Waals surface area contributed by atoms with Gasteiger partial charge in [0, 0.05) is 6.54 Å². The molecule has 0 aliphatic carbocycles. The third kappa shape index (κ3) is 2.35.